The molecule has 1 fully saturated rings. The Labute approximate surface area is 137 Å². The highest BCUT2D eigenvalue weighted by Gasteiger charge is 2.34. The van der Waals surface area contributed by atoms with Gasteiger partial charge < -0.3 is 5.11 Å². The Balaban J connectivity index is 1.67. The van der Waals surface area contributed by atoms with Crippen LogP contribution in [-0.4, -0.2) is 37.0 Å². The van der Waals surface area contributed by atoms with Gasteiger partial charge in [-0.25, -0.2) is 13.8 Å². The number of rotatable bonds is 3. The van der Waals surface area contributed by atoms with Gasteiger partial charge in [-0.2, -0.15) is 0 Å². The van der Waals surface area contributed by atoms with E-state index in [1.54, 1.807) is 18.6 Å². The van der Waals surface area contributed by atoms with Crippen molar-refractivity contribution in [2.75, 3.05) is 6.54 Å². The topological polar surface area (TPSA) is 53.7 Å². The minimum Gasteiger partial charge on any atom is -0.392 e. The highest BCUT2D eigenvalue weighted by Crippen LogP contribution is 2.35. The van der Waals surface area contributed by atoms with E-state index < -0.39 is 17.7 Å². The second kappa shape index (κ2) is 5.92. The van der Waals surface area contributed by atoms with Crippen LogP contribution in [0.4, 0.5) is 8.78 Å². The van der Waals surface area contributed by atoms with Crippen LogP contribution in [0.3, 0.4) is 0 Å². The molecule has 3 heterocycles. The highest BCUT2D eigenvalue weighted by atomic mass is 19.1. The molecule has 4 rings (SSSR count). The maximum Gasteiger partial charge on any atom is 0.155 e. The van der Waals surface area contributed by atoms with Crippen molar-refractivity contribution in [1.29, 1.82) is 0 Å². The van der Waals surface area contributed by atoms with E-state index in [4.69, 9.17) is 0 Å². The van der Waals surface area contributed by atoms with E-state index in [-0.39, 0.29) is 11.6 Å². The lowest BCUT2D eigenvalue weighted by atomic mass is 10.0. The number of benzene rings is 1. The number of imidazole rings is 1. The van der Waals surface area contributed by atoms with Crippen LogP contribution in [0.15, 0.2) is 43.0 Å². The summed E-state index contributed by atoms with van der Waals surface area (Å²) in [6.45, 7) is 0.877. The average molecular weight is 330 g/mol. The fraction of sp³-hybridized carbons (Fsp3) is 0.294. The van der Waals surface area contributed by atoms with Crippen LogP contribution in [0, 0.1) is 11.6 Å². The second-order valence-corrected chi connectivity index (χ2v) is 6.05. The summed E-state index contributed by atoms with van der Waals surface area (Å²) in [7, 11) is 0. The lowest BCUT2D eigenvalue weighted by Gasteiger charge is -2.24. The predicted octanol–water partition coefficient (Wildman–Crippen LogP) is 2.32. The first kappa shape index (κ1) is 15.2. The van der Waals surface area contributed by atoms with Gasteiger partial charge in [0.15, 0.2) is 5.65 Å². The Kier molecular flexibility index (Phi) is 3.74. The first-order valence-electron chi connectivity index (χ1n) is 7.75. The van der Waals surface area contributed by atoms with Gasteiger partial charge in [0.1, 0.15) is 11.6 Å². The maximum absolute atomic E-state index is 14.2. The van der Waals surface area contributed by atoms with E-state index in [0.717, 1.165) is 23.5 Å². The summed E-state index contributed by atoms with van der Waals surface area (Å²) >= 11 is 0. The summed E-state index contributed by atoms with van der Waals surface area (Å²) in [6.07, 6.45) is 6.67. The zero-order chi connectivity index (χ0) is 16.7. The third-order valence-electron chi connectivity index (χ3n) is 4.46. The third kappa shape index (κ3) is 2.65. The molecule has 1 aliphatic rings. The van der Waals surface area contributed by atoms with Crippen molar-refractivity contribution in [2.45, 2.75) is 25.1 Å². The molecule has 0 bridgehead atoms. The molecule has 124 valence electrons. The van der Waals surface area contributed by atoms with Crippen LogP contribution in [0.2, 0.25) is 0 Å². The van der Waals surface area contributed by atoms with Crippen LogP contribution < -0.4 is 0 Å². The van der Waals surface area contributed by atoms with Crippen molar-refractivity contribution in [1.82, 2.24) is 19.3 Å². The molecule has 1 saturated heterocycles. The first-order chi connectivity index (χ1) is 11.6. The molecule has 1 aliphatic heterocycles. The standard InChI is InChI=1S/C17H16F2N4O/c18-11-1-2-15(19)14(5-11)16-6-13(24)10-22(16)9-12-7-21-17-8-20-3-4-23(12)17/h1-5,7-8,13,16,24H,6,9-10H2/t13-,16-/m0/s1. The summed E-state index contributed by atoms with van der Waals surface area (Å²) in [5.74, 6) is -0.934. The number of fused-ring (bicyclic) bond motifs is 1. The van der Waals surface area contributed by atoms with Gasteiger partial charge in [0, 0.05) is 37.1 Å². The van der Waals surface area contributed by atoms with Crippen molar-refractivity contribution in [3.8, 4) is 0 Å². The van der Waals surface area contributed by atoms with E-state index in [2.05, 4.69) is 9.97 Å². The monoisotopic (exact) mass is 330 g/mol. The number of aliphatic hydroxyl groups is 1. The van der Waals surface area contributed by atoms with E-state index >= 15 is 0 Å². The van der Waals surface area contributed by atoms with Gasteiger partial charge in [-0.1, -0.05) is 0 Å². The largest absolute Gasteiger partial charge is 0.392 e. The van der Waals surface area contributed by atoms with Crippen LogP contribution in [-0.2, 0) is 6.54 Å². The van der Waals surface area contributed by atoms with Gasteiger partial charge in [0.2, 0.25) is 0 Å². The molecule has 2 atom stereocenters. The van der Waals surface area contributed by atoms with Crippen molar-refractivity contribution in [3.63, 3.8) is 0 Å². The average Bonchev–Trinajstić information content (AvgIpc) is 3.14. The Bertz CT molecular complexity index is 882. The lowest BCUT2D eigenvalue weighted by Crippen LogP contribution is -2.25. The number of hydrogen-bond donors (Lipinski definition) is 1. The number of β-amino-alcohol motifs (C(OH)–C–C–N with tert-alkyl or cyclic N) is 1. The lowest BCUT2D eigenvalue weighted by molar-refractivity contribution is 0.171. The summed E-state index contributed by atoms with van der Waals surface area (Å²) in [5.41, 5.74) is 1.91. The summed E-state index contributed by atoms with van der Waals surface area (Å²) < 4.78 is 29.6. The molecule has 0 saturated carbocycles. The van der Waals surface area contributed by atoms with Crippen molar-refractivity contribution >= 4 is 5.65 Å². The molecule has 1 N–H and O–H groups in total. The summed E-state index contributed by atoms with van der Waals surface area (Å²) in [6, 6.07) is 3.08. The molecule has 1 aromatic carbocycles. The van der Waals surface area contributed by atoms with E-state index in [0.29, 0.717) is 19.5 Å². The number of likely N-dealkylation sites (tertiary alicyclic amines) is 1. The van der Waals surface area contributed by atoms with Gasteiger partial charge in [0.05, 0.1) is 24.2 Å². The minimum atomic E-state index is -0.571. The zero-order valence-corrected chi connectivity index (χ0v) is 12.8. The van der Waals surface area contributed by atoms with Gasteiger partial charge in [-0.05, 0) is 24.6 Å². The van der Waals surface area contributed by atoms with Crippen molar-refractivity contribution in [3.05, 3.63) is 65.9 Å². The molecule has 0 aliphatic carbocycles. The highest BCUT2D eigenvalue weighted by molar-refractivity contribution is 5.37. The molecule has 0 unspecified atom stereocenters. The molecule has 24 heavy (non-hydrogen) atoms. The second-order valence-electron chi connectivity index (χ2n) is 6.05. The van der Waals surface area contributed by atoms with E-state index in [1.807, 2.05) is 15.5 Å². The van der Waals surface area contributed by atoms with Crippen molar-refractivity contribution in [2.24, 2.45) is 0 Å². The minimum absolute atomic E-state index is 0.280. The Morgan fingerprint density at radius 2 is 2.12 bits per heavy atom. The number of nitrogens with zero attached hydrogens (tertiary/aromatic N) is 4. The molecular weight excluding hydrogens is 314 g/mol. The first-order valence-corrected chi connectivity index (χ1v) is 7.75. The Morgan fingerprint density at radius 1 is 1.25 bits per heavy atom. The SMILES string of the molecule is O[C@H]1C[C@@H](c2cc(F)ccc2F)N(Cc2cnc3cnccn23)C1. The molecular formula is C17H16F2N4O. The van der Waals surface area contributed by atoms with E-state index in [1.165, 1.54) is 6.07 Å². The number of aromatic nitrogens is 3. The molecule has 0 spiro atoms. The molecule has 3 aromatic rings. The molecule has 0 radical (unpaired) electrons. The van der Waals surface area contributed by atoms with Crippen molar-refractivity contribution < 1.29 is 13.9 Å². The molecule has 0 amide bonds. The normalized spacial score (nSPS) is 21.6. The number of halogens is 2. The third-order valence-corrected chi connectivity index (χ3v) is 4.46. The van der Waals surface area contributed by atoms with Crippen LogP contribution in [0.5, 0.6) is 0 Å². The Morgan fingerprint density at radius 3 is 3.00 bits per heavy atom. The van der Waals surface area contributed by atoms with Crippen LogP contribution in [0.25, 0.3) is 5.65 Å². The molecule has 2 aromatic heterocycles. The number of aliphatic hydroxyl groups excluding tert-OH is 1. The number of hydrogen-bond acceptors (Lipinski definition) is 4. The summed E-state index contributed by atoms with van der Waals surface area (Å²) in [4.78, 5) is 10.3. The van der Waals surface area contributed by atoms with Gasteiger partial charge >= 0.3 is 0 Å². The van der Waals surface area contributed by atoms with Gasteiger partial charge in [-0.3, -0.25) is 14.3 Å². The van der Waals surface area contributed by atoms with Crippen LogP contribution in [0.1, 0.15) is 23.7 Å². The zero-order valence-electron chi connectivity index (χ0n) is 12.8. The maximum atomic E-state index is 14.2. The predicted molar refractivity (Wildman–Crippen MR) is 83.1 cm³/mol. The fourth-order valence-corrected chi connectivity index (χ4v) is 3.37. The quantitative estimate of drug-likeness (QED) is 0.801. The fourth-order valence-electron chi connectivity index (χ4n) is 3.37. The van der Waals surface area contributed by atoms with Gasteiger partial charge in [0.25, 0.3) is 0 Å². The smallest absolute Gasteiger partial charge is 0.155 e. The summed E-state index contributed by atoms with van der Waals surface area (Å²) in [5, 5.41) is 10.0. The molecule has 7 heteroatoms. The molecule has 5 nitrogen and oxygen atoms in total. The van der Waals surface area contributed by atoms with E-state index in [9.17, 15) is 13.9 Å². The Hall–Kier alpha value is -2.38. The van der Waals surface area contributed by atoms with Gasteiger partial charge in [-0.15, -0.1) is 0 Å². The van der Waals surface area contributed by atoms with Crippen LogP contribution >= 0.6 is 0 Å².